The highest BCUT2D eigenvalue weighted by Gasteiger charge is 2.48. The van der Waals surface area contributed by atoms with Crippen LogP contribution in [0.25, 0.3) is 38.6 Å². The van der Waals surface area contributed by atoms with Gasteiger partial charge in [0.05, 0.1) is 22.4 Å². The molecule has 0 fully saturated rings. The number of hydrogen-bond donors (Lipinski definition) is 0. The van der Waals surface area contributed by atoms with Crippen LogP contribution in [0.3, 0.4) is 0 Å². The summed E-state index contributed by atoms with van der Waals surface area (Å²) < 4.78 is 17.1. The van der Waals surface area contributed by atoms with Gasteiger partial charge in [-0.25, -0.2) is 0 Å². The van der Waals surface area contributed by atoms with E-state index >= 15 is 0 Å². The smallest absolute Gasteiger partial charge is 0.260 e. The second kappa shape index (κ2) is 12.8. The van der Waals surface area contributed by atoms with Crippen molar-refractivity contribution in [2.24, 2.45) is 0 Å². The number of hydrogen-bond acceptors (Lipinski definition) is 3. The third-order valence-electron chi connectivity index (χ3n) is 13.5. The van der Waals surface area contributed by atoms with Gasteiger partial charge in [-0.15, -0.1) is 0 Å². The first-order chi connectivity index (χ1) is 29.5. The average molecular weight is 789 g/mol. The maximum Gasteiger partial charge on any atom is 0.260 e. The third kappa shape index (κ3) is 5.19. The van der Waals surface area contributed by atoms with Crippen LogP contribution in [0.1, 0.15) is 52.8 Å². The summed E-state index contributed by atoms with van der Waals surface area (Å²) in [5, 5.41) is 2.54. The van der Waals surface area contributed by atoms with Crippen molar-refractivity contribution in [1.82, 2.24) is 4.57 Å². The van der Waals surface area contributed by atoms with Gasteiger partial charge in [-0.3, -0.25) is 0 Å². The predicted octanol–water partition coefficient (Wildman–Crippen LogP) is 12.8. The number of fused-ring (bicyclic) bond motifs is 11. The van der Waals surface area contributed by atoms with E-state index in [4.69, 9.17) is 9.47 Å². The van der Waals surface area contributed by atoms with E-state index in [0.29, 0.717) is 0 Å². The number of rotatable bonds is 4. The summed E-state index contributed by atoms with van der Waals surface area (Å²) >= 11 is 0. The summed E-state index contributed by atoms with van der Waals surface area (Å²) in [6, 6.07) is 53.8. The number of aromatic nitrogens is 1. The van der Waals surface area contributed by atoms with Crippen molar-refractivity contribution in [2.45, 2.75) is 53.9 Å². The zero-order valence-corrected chi connectivity index (χ0v) is 35.6. The maximum atomic E-state index is 7.54. The highest BCUT2D eigenvalue weighted by molar-refractivity contribution is 6.98. The molecular weight excluding hydrogens is 743 g/mol. The molecule has 0 amide bonds. The molecule has 294 valence electrons. The van der Waals surface area contributed by atoms with Crippen LogP contribution < -0.4 is 30.8 Å². The highest BCUT2D eigenvalue weighted by atomic mass is 16.5. The lowest BCUT2D eigenvalue weighted by Gasteiger charge is -2.37. The van der Waals surface area contributed by atoms with Crippen LogP contribution >= 0.6 is 0 Å². The van der Waals surface area contributed by atoms with Crippen LogP contribution in [0.4, 0.5) is 17.1 Å². The van der Waals surface area contributed by atoms with Gasteiger partial charge in [0.15, 0.2) is 0 Å². The summed E-state index contributed by atoms with van der Waals surface area (Å²) in [5.41, 5.74) is 20.9. The van der Waals surface area contributed by atoms with Gasteiger partial charge >= 0.3 is 0 Å². The Hall–Kier alpha value is -6.98. The van der Waals surface area contributed by atoms with Crippen molar-refractivity contribution in [2.75, 3.05) is 4.90 Å². The molecule has 0 radical (unpaired) electrons. The lowest BCUT2D eigenvalue weighted by Crippen LogP contribution is -2.58. The topological polar surface area (TPSA) is 26.6 Å². The Labute approximate surface area is 357 Å². The van der Waals surface area contributed by atoms with Gasteiger partial charge in [-0.1, -0.05) is 114 Å². The van der Waals surface area contributed by atoms with E-state index in [2.05, 4.69) is 204 Å². The molecule has 0 spiro atoms. The van der Waals surface area contributed by atoms with Gasteiger partial charge < -0.3 is 18.9 Å². The second-order valence-electron chi connectivity index (χ2n) is 18.2. The van der Waals surface area contributed by atoms with Gasteiger partial charge in [0.1, 0.15) is 23.0 Å². The van der Waals surface area contributed by atoms with Crippen molar-refractivity contribution >= 4 is 62.0 Å². The number of benzene rings is 8. The predicted molar refractivity (Wildman–Crippen MR) is 254 cm³/mol. The fourth-order valence-electron chi connectivity index (χ4n) is 10.6. The van der Waals surface area contributed by atoms with E-state index in [1.807, 2.05) is 0 Å². The van der Waals surface area contributed by atoms with Gasteiger partial charge in [-0.05, 0) is 117 Å². The molecular formula is C56H45BN2O2. The molecule has 4 nitrogen and oxygen atoms in total. The van der Waals surface area contributed by atoms with Gasteiger partial charge in [-0.2, -0.15) is 0 Å². The van der Waals surface area contributed by atoms with Crippen LogP contribution in [0.2, 0.25) is 0 Å². The largest absolute Gasteiger partial charge is 0.458 e. The highest BCUT2D eigenvalue weighted by Crippen LogP contribution is 2.56. The molecule has 0 atom stereocenters. The van der Waals surface area contributed by atoms with Crippen LogP contribution in [0, 0.1) is 34.6 Å². The van der Waals surface area contributed by atoms with Crippen molar-refractivity contribution in [3.8, 4) is 39.8 Å². The van der Waals surface area contributed by atoms with Crippen LogP contribution in [-0.4, -0.2) is 11.3 Å². The van der Waals surface area contributed by atoms with E-state index in [9.17, 15) is 0 Å². The first-order valence-electron chi connectivity index (χ1n) is 21.4. The zero-order valence-electron chi connectivity index (χ0n) is 35.6. The van der Waals surface area contributed by atoms with Gasteiger partial charge in [0.2, 0.25) is 0 Å². The molecule has 5 heteroatoms. The molecule has 3 aliphatic rings. The normalized spacial score (nSPS) is 13.9. The molecule has 1 aromatic heterocycles. The summed E-state index contributed by atoms with van der Waals surface area (Å²) in [6.07, 6.45) is 0. The van der Waals surface area contributed by atoms with E-state index in [0.717, 1.165) is 56.4 Å². The summed E-state index contributed by atoms with van der Waals surface area (Å²) in [5.74, 6) is 3.46. The Kier molecular flexibility index (Phi) is 7.52. The second-order valence-corrected chi connectivity index (χ2v) is 18.2. The third-order valence-corrected chi connectivity index (χ3v) is 13.5. The maximum absolute atomic E-state index is 7.54. The summed E-state index contributed by atoms with van der Waals surface area (Å²) in [7, 11) is 0. The number of anilines is 3. The van der Waals surface area contributed by atoms with E-state index in [-0.39, 0.29) is 12.1 Å². The fraction of sp³-hybridized carbons (Fsp3) is 0.143. The number of nitrogens with zero attached hydrogens (tertiary/aromatic N) is 2. The van der Waals surface area contributed by atoms with Crippen LogP contribution in [0.5, 0.6) is 23.0 Å². The molecule has 61 heavy (non-hydrogen) atoms. The molecule has 0 unspecified atom stereocenters. The minimum Gasteiger partial charge on any atom is -0.458 e. The van der Waals surface area contributed by atoms with Crippen molar-refractivity contribution in [1.29, 1.82) is 0 Å². The standard InChI is InChI=1S/C56H45BN2O2/c1-32-12-19-37(20-13-32)58(38-21-14-33(2)15-22-38)39-29-50-54-51(30-39)61-55-45(57(54)44-28-36(5)18-25-49(44)60-50)31-48(52-40-10-8-9-11-43(40)56(6,7)53(52)55)59-46-23-16-34(3)26-41(46)42-27-35(4)17-24-47(42)59/h8-31H,1-7H3. The molecule has 3 heterocycles. The lowest BCUT2D eigenvalue weighted by molar-refractivity contribution is 0.455. The Balaban J connectivity index is 1.18. The van der Waals surface area contributed by atoms with Crippen molar-refractivity contribution in [3.63, 3.8) is 0 Å². The van der Waals surface area contributed by atoms with E-state index in [1.54, 1.807) is 0 Å². The van der Waals surface area contributed by atoms with Crippen LogP contribution in [-0.2, 0) is 5.41 Å². The quantitative estimate of drug-likeness (QED) is 0.166. The molecule has 8 aromatic carbocycles. The Morgan fingerprint density at radius 2 is 1.07 bits per heavy atom. The van der Waals surface area contributed by atoms with Crippen molar-refractivity contribution in [3.05, 3.63) is 185 Å². The minimum atomic E-state index is -0.355. The first-order valence-corrected chi connectivity index (χ1v) is 21.4. The van der Waals surface area contributed by atoms with Crippen LogP contribution in [0.15, 0.2) is 146 Å². The molecule has 0 N–H and O–H groups in total. The lowest BCUT2D eigenvalue weighted by atomic mass is 9.34. The molecule has 2 aliphatic heterocycles. The molecule has 0 saturated heterocycles. The molecule has 12 rings (SSSR count). The number of aryl methyl sites for hydroxylation is 5. The van der Waals surface area contributed by atoms with E-state index < -0.39 is 0 Å². The SMILES string of the molecule is Cc1ccc(N(c2ccc(C)cc2)c2cc3c4c(c2)Oc2c(cc(-n5c6ccc(C)cc6c6cc(C)ccc65)c5c2C(C)(C)c2ccccc2-5)B4c2cc(C)ccc2O3)cc1. The van der Waals surface area contributed by atoms with Gasteiger partial charge in [0.25, 0.3) is 6.71 Å². The summed E-state index contributed by atoms with van der Waals surface area (Å²) in [6.45, 7) is 15.5. The monoisotopic (exact) mass is 788 g/mol. The van der Waals surface area contributed by atoms with Gasteiger partial charge in [0, 0.05) is 56.3 Å². The summed E-state index contributed by atoms with van der Waals surface area (Å²) in [4.78, 5) is 2.32. The first kappa shape index (κ1) is 35.9. The molecule has 9 aromatic rings. The fourth-order valence-corrected chi connectivity index (χ4v) is 10.6. The Morgan fingerprint density at radius 3 is 1.70 bits per heavy atom. The molecule has 0 bridgehead atoms. The van der Waals surface area contributed by atoms with Crippen molar-refractivity contribution < 1.29 is 9.47 Å². The minimum absolute atomic E-state index is 0.125. The Bertz CT molecular complexity index is 3230. The van der Waals surface area contributed by atoms with E-state index in [1.165, 1.54) is 77.6 Å². The average Bonchev–Trinajstić information content (AvgIpc) is 3.69. The molecule has 1 aliphatic carbocycles. The number of ether oxygens (including phenoxy) is 2. The molecule has 0 saturated carbocycles. The Morgan fingerprint density at radius 1 is 0.508 bits per heavy atom. The zero-order chi connectivity index (χ0) is 41.5.